The zero-order chi connectivity index (χ0) is 21.5. The number of fused-ring (bicyclic) bond motifs is 1. The highest BCUT2D eigenvalue weighted by atomic mass is 79.9. The molecule has 3 aromatic rings. The highest BCUT2D eigenvalue weighted by Gasteiger charge is 2.15. The maximum atomic E-state index is 12.1. The molecular weight excluding hydrogens is 532 g/mol. The van der Waals surface area contributed by atoms with E-state index < -0.39 is 0 Å². The maximum Gasteiger partial charge on any atom is 0.338 e. The molecule has 0 unspecified atom stereocenters. The van der Waals surface area contributed by atoms with Gasteiger partial charge in [-0.15, -0.1) is 0 Å². The lowest BCUT2D eigenvalue weighted by Crippen LogP contribution is -2.05. The Morgan fingerprint density at radius 2 is 1.87 bits per heavy atom. The lowest BCUT2D eigenvalue weighted by atomic mass is 10.2. The standard InChI is InChI=1S/C22H24Br2N2O3S/c1-3-28-9-5-8-26-20-7-6-16(21(27)29-4-2)12-19(20)25-22(26)30-14-15-10-17(23)13-18(24)11-15/h6-7,10-13H,3-5,8-9,14H2,1-2H3. The highest BCUT2D eigenvalue weighted by molar-refractivity contribution is 9.11. The summed E-state index contributed by atoms with van der Waals surface area (Å²) in [6.07, 6.45) is 0.898. The Morgan fingerprint density at radius 3 is 2.57 bits per heavy atom. The van der Waals surface area contributed by atoms with Crippen molar-refractivity contribution in [3.05, 3.63) is 56.5 Å². The van der Waals surface area contributed by atoms with E-state index in [4.69, 9.17) is 14.5 Å². The molecule has 0 spiro atoms. The first-order valence-corrected chi connectivity index (χ1v) is 12.4. The Morgan fingerprint density at radius 1 is 1.10 bits per heavy atom. The van der Waals surface area contributed by atoms with Gasteiger partial charge in [0, 0.05) is 34.5 Å². The molecule has 3 rings (SSSR count). The largest absolute Gasteiger partial charge is 0.462 e. The number of benzene rings is 2. The number of hydrogen-bond donors (Lipinski definition) is 0. The van der Waals surface area contributed by atoms with Crippen LogP contribution in [0.25, 0.3) is 11.0 Å². The van der Waals surface area contributed by atoms with E-state index in [1.54, 1.807) is 24.8 Å². The van der Waals surface area contributed by atoms with Crippen molar-refractivity contribution in [3.63, 3.8) is 0 Å². The van der Waals surface area contributed by atoms with Gasteiger partial charge in [0.05, 0.1) is 23.2 Å². The van der Waals surface area contributed by atoms with Crippen LogP contribution in [0.1, 0.15) is 36.2 Å². The van der Waals surface area contributed by atoms with Gasteiger partial charge >= 0.3 is 5.97 Å². The number of nitrogens with zero attached hydrogens (tertiary/aromatic N) is 2. The van der Waals surface area contributed by atoms with Gasteiger partial charge in [-0.2, -0.15) is 0 Å². The summed E-state index contributed by atoms with van der Waals surface area (Å²) < 4.78 is 14.9. The third-order valence-electron chi connectivity index (χ3n) is 4.39. The van der Waals surface area contributed by atoms with Gasteiger partial charge in [-0.05, 0) is 62.2 Å². The molecule has 0 radical (unpaired) electrons. The van der Waals surface area contributed by atoms with Crippen LogP contribution in [0.3, 0.4) is 0 Å². The molecule has 0 atom stereocenters. The van der Waals surface area contributed by atoms with E-state index in [-0.39, 0.29) is 5.97 Å². The summed E-state index contributed by atoms with van der Waals surface area (Å²) in [4.78, 5) is 16.9. The summed E-state index contributed by atoms with van der Waals surface area (Å²) in [5.74, 6) is 0.468. The van der Waals surface area contributed by atoms with Crippen molar-refractivity contribution in [1.29, 1.82) is 0 Å². The Kier molecular flexibility index (Phi) is 8.80. The zero-order valence-electron chi connectivity index (χ0n) is 17.0. The van der Waals surface area contributed by atoms with E-state index in [2.05, 4.69) is 48.6 Å². The van der Waals surface area contributed by atoms with Crippen molar-refractivity contribution >= 4 is 60.6 Å². The predicted octanol–water partition coefficient (Wildman–Crippen LogP) is 6.46. The summed E-state index contributed by atoms with van der Waals surface area (Å²) >= 11 is 8.78. The van der Waals surface area contributed by atoms with Crippen LogP contribution in [-0.4, -0.2) is 35.3 Å². The lowest BCUT2D eigenvalue weighted by Gasteiger charge is -2.10. The van der Waals surface area contributed by atoms with Crippen LogP contribution in [0.2, 0.25) is 0 Å². The molecule has 0 N–H and O–H groups in total. The van der Waals surface area contributed by atoms with Crippen LogP contribution >= 0.6 is 43.6 Å². The molecule has 0 amide bonds. The van der Waals surface area contributed by atoms with Gasteiger partial charge in [0.25, 0.3) is 0 Å². The van der Waals surface area contributed by atoms with Crippen molar-refractivity contribution < 1.29 is 14.3 Å². The van der Waals surface area contributed by atoms with E-state index >= 15 is 0 Å². The summed E-state index contributed by atoms with van der Waals surface area (Å²) in [5.41, 5.74) is 3.53. The first-order valence-electron chi connectivity index (χ1n) is 9.84. The molecule has 8 heteroatoms. The number of ether oxygens (including phenoxy) is 2. The fraction of sp³-hybridized carbons (Fsp3) is 0.364. The fourth-order valence-corrected chi connectivity index (χ4v) is 5.45. The number of thioether (sulfide) groups is 1. The number of esters is 1. The summed E-state index contributed by atoms with van der Waals surface area (Å²) in [6, 6.07) is 11.8. The van der Waals surface area contributed by atoms with Crippen LogP contribution in [-0.2, 0) is 21.8 Å². The second-order valence-corrected chi connectivity index (χ2v) is 9.36. The molecule has 0 aliphatic heterocycles. The van der Waals surface area contributed by atoms with E-state index in [0.29, 0.717) is 25.4 Å². The third-order valence-corrected chi connectivity index (χ3v) is 6.35. The molecule has 0 aliphatic rings. The fourth-order valence-electron chi connectivity index (χ4n) is 3.09. The minimum atomic E-state index is -0.321. The van der Waals surface area contributed by atoms with Crippen molar-refractivity contribution in [2.24, 2.45) is 0 Å². The molecule has 0 saturated heterocycles. The third kappa shape index (κ3) is 6.09. The smallest absolute Gasteiger partial charge is 0.338 e. The highest BCUT2D eigenvalue weighted by Crippen LogP contribution is 2.30. The molecule has 0 fully saturated rings. The maximum absolute atomic E-state index is 12.1. The van der Waals surface area contributed by atoms with E-state index in [1.165, 1.54) is 5.56 Å². The van der Waals surface area contributed by atoms with E-state index in [9.17, 15) is 4.79 Å². The topological polar surface area (TPSA) is 53.4 Å². The van der Waals surface area contributed by atoms with Gasteiger partial charge in [0.15, 0.2) is 5.16 Å². The van der Waals surface area contributed by atoms with Crippen LogP contribution in [0, 0.1) is 0 Å². The number of carbonyl (C=O) groups is 1. The molecule has 0 bridgehead atoms. The van der Waals surface area contributed by atoms with Crippen molar-refractivity contribution in [2.45, 2.75) is 37.7 Å². The average molecular weight is 556 g/mol. The van der Waals surface area contributed by atoms with Gasteiger partial charge < -0.3 is 14.0 Å². The van der Waals surface area contributed by atoms with Crippen molar-refractivity contribution in [1.82, 2.24) is 9.55 Å². The molecule has 1 aromatic heterocycles. The minimum Gasteiger partial charge on any atom is -0.462 e. The second-order valence-electron chi connectivity index (χ2n) is 6.59. The molecule has 160 valence electrons. The number of hydrogen-bond acceptors (Lipinski definition) is 5. The number of aromatic nitrogens is 2. The average Bonchev–Trinajstić information content (AvgIpc) is 3.06. The van der Waals surface area contributed by atoms with Crippen LogP contribution in [0.4, 0.5) is 0 Å². The number of rotatable bonds is 10. The molecule has 1 heterocycles. The van der Waals surface area contributed by atoms with Gasteiger partial charge in [-0.1, -0.05) is 43.6 Å². The Hall–Kier alpha value is -1.35. The van der Waals surface area contributed by atoms with Gasteiger partial charge in [-0.3, -0.25) is 0 Å². The summed E-state index contributed by atoms with van der Waals surface area (Å²) in [6.45, 7) is 6.39. The zero-order valence-corrected chi connectivity index (χ0v) is 21.0. The predicted molar refractivity (Wildman–Crippen MR) is 128 cm³/mol. The van der Waals surface area contributed by atoms with E-state index in [1.807, 2.05) is 25.1 Å². The number of imidazole rings is 1. The lowest BCUT2D eigenvalue weighted by molar-refractivity contribution is 0.0526. The normalized spacial score (nSPS) is 11.2. The van der Waals surface area contributed by atoms with Crippen LogP contribution in [0.15, 0.2) is 50.5 Å². The SMILES string of the molecule is CCOCCCn1c(SCc2cc(Br)cc(Br)c2)nc2cc(C(=O)OCC)ccc21. The van der Waals surface area contributed by atoms with Crippen LogP contribution in [0.5, 0.6) is 0 Å². The second kappa shape index (κ2) is 11.3. The number of halogens is 2. The molecule has 0 aliphatic carbocycles. The molecule has 30 heavy (non-hydrogen) atoms. The summed E-state index contributed by atoms with van der Waals surface area (Å²) in [5, 5.41) is 0.929. The van der Waals surface area contributed by atoms with Gasteiger partial charge in [-0.25, -0.2) is 9.78 Å². The minimum absolute atomic E-state index is 0.321. The molecular formula is C22H24Br2N2O3S. The first kappa shape index (κ1) is 23.3. The number of carbonyl (C=O) groups excluding carboxylic acids is 1. The Bertz CT molecular complexity index is 1000. The van der Waals surface area contributed by atoms with Crippen molar-refractivity contribution in [3.8, 4) is 0 Å². The van der Waals surface area contributed by atoms with Crippen molar-refractivity contribution in [2.75, 3.05) is 19.8 Å². The van der Waals surface area contributed by atoms with Gasteiger partial charge in [0.2, 0.25) is 0 Å². The van der Waals surface area contributed by atoms with Crippen LogP contribution < -0.4 is 0 Å². The first-order chi connectivity index (χ1) is 14.5. The molecule has 0 saturated carbocycles. The van der Waals surface area contributed by atoms with E-state index in [0.717, 1.165) is 43.9 Å². The Labute approximate surface area is 197 Å². The quantitative estimate of drug-likeness (QED) is 0.163. The Balaban J connectivity index is 1.87. The monoisotopic (exact) mass is 554 g/mol. The summed E-state index contributed by atoms with van der Waals surface area (Å²) in [7, 11) is 0. The number of aryl methyl sites for hydroxylation is 1. The van der Waals surface area contributed by atoms with Gasteiger partial charge in [0.1, 0.15) is 0 Å². The molecule has 5 nitrogen and oxygen atoms in total. The molecule has 2 aromatic carbocycles.